The normalized spacial score (nSPS) is 10.3. The Morgan fingerprint density at radius 1 is 1.37 bits per heavy atom. The molecule has 0 aromatic heterocycles. The summed E-state index contributed by atoms with van der Waals surface area (Å²) in [7, 11) is 2.98. The first kappa shape index (κ1) is 15.7. The van der Waals surface area contributed by atoms with Crippen molar-refractivity contribution in [1.29, 1.82) is 0 Å². The van der Waals surface area contributed by atoms with Gasteiger partial charge in [0, 0.05) is 32.1 Å². The Bertz CT molecular complexity index is 428. The van der Waals surface area contributed by atoms with Crippen LogP contribution in [-0.4, -0.2) is 50.6 Å². The van der Waals surface area contributed by atoms with Gasteiger partial charge in [-0.3, -0.25) is 4.79 Å². The van der Waals surface area contributed by atoms with E-state index in [-0.39, 0.29) is 11.4 Å². The summed E-state index contributed by atoms with van der Waals surface area (Å²) in [6.07, 6.45) is 0. The first-order chi connectivity index (χ1) is 9.13. The zero-order valence-electron chi connectivity index (χ0n) is 11.0. The second-order valence-corrected chi connectivity index (χ2v) is 4.20. The lowest BCUT2D eigenvalue weighted by Crippen LogP contribution is -2.36. The Kier molecular flexibility index (Phi) is 6.59. The topological polar surface area (TPSA) is 38.8 Å². The molecule has 0 unspecified atom stereocenters. The van der Waals surface area contributed by atoms with Crippen molar-refractivity contribution in [3.8, 4) is 5.75 Å². The predicted octanol–water partition coefficient (Wildman–Crippen LogP) is 2.16. The van der Waals surface area contributed by atoms with E-state index in [4.69, 9.17) is 21.1 Å². The van der Waals surface area contributed by atoms with Gasteiger partial charge < -0.3 is 14.4 Å². The zero-order chi connectivity index (χ0) is 14.3. The average molecular weight is 290 g/mol. The van der Waals surface area contributed by atoms with Crippen molar-refractivity contribution in [3.05, 3.63) is 29.6 Å². The summed E-state index contributed by atoms with van der Waals surface area (Å²) < 4.78 is 23.6. The molecule has 0 atom stereocenters. The number of nitrogens with zero attached hydrogens (tertiary/aromatic N) is 1. The fraction of sp³-hybridized carbons (Fsp3) is 0.462. The third-order valence-corrected chi connectivity index (χ3v) is 2.78. The minimum atomic E-state index is -0.610. The highest BCUT2D eigenvalue weighted by Gasteiger charge is 2.19. The van der Waals surface area contributed by atoms with Gasteiger partial charge in [-0.25, -0.2) is 4.39 Å². The fourth-order valence-electron chi connectivity index (χ4n) is 1.58. The Balaban J connectivity index is 2.89. The molecule has 1 rings (SSSR count). The summed E-state index contributed by atoms with van der Waals surface area (Å²) in [4.78, 5) is 13.7. The van der Waals surface area contributed by atoms with Crippen molar-refractivity contribution >= 4 is 17.5 Å². The van der Waals surface area contributed by atoms with Gasteiger partial charge in [-0.05, 0) is 12.1 Å². The number of amides is 1. The average Bonchev–Trinajstić information content (AvgIpc) is 2.42. The molecule has 0 aliphatic carbocycles. The number of benzene rings is 1. The van der Waals surface area contributed by atoms with Gasteiger partial charge in [0.05, 0.1) is 19.3 Å². The van der Waals surface area contributed by atoms with E-state index in [1.165, 1.54) is 31.3 Å². The van der Waals surface area contributed by atoms with Crippen LogP contribution in [0.4, 0.5) is 4.39 Å². The number of halogens is 2. The molecule has 0 heterocycles. The summed E-state index contributed by atoms with van der Waals surface area (Å²) in [5.41, 5.74) is 0.00187. The summed E-state index contributed by atoms with van der Waals surface area (Å²) in [6.45, 7) is 1.09. The van der Waals surface area contributed by atoms with Gasteiger partial charge in [0.1, 0.15) is 11.6 Å². The van der Waals surface area contributed by atoms with Gasteiger partial charge in [0.15, 0.2) is 0 Å². The van der Waals surface area contributed by atoms with Crippen molar-refractivity contribution in [2.75, 3.05) is 39.8 Å². The SMILES string of the molecule is COCCN(CCCl)C(=O)c1ccc(OC)cc1F. The highest BCUT2D eigenvalue weighted by atomic mass is 35.5. The predicted molar refractivity (Wildman–Crippen MR) is 71.5 cm³/mol. The number of carbonyl (C=O) groups excluding carboxylic acids is 1. The van der Waals surface area contributed by atoms with Crippen molar-refractivity contribution in [2.24, 2.45) is 0 Å². The van der Waals surface area contributed by atoms with Crippen LogP contribution in [0.3, 0.4) is 0 Å². The smallest absolute Gasteiger partial charge is 0.256 e. The maximum Gasteiger partial charge on any atom is 0.256 e. The number of alkyl halides is 1. The summed E-state index contributed by atoms with van der Waals surface area (Å²) in [6, 6.07) is 4.14. The van der Waals surface area contributed by atoms with Crippen LogP contribution in [-0.2, 0) is 4.74 Å². The van der Waals surface area contributed by atoms with Gasteiger partial charge in [0.25, 0.3) is 5.91 Å². The molecule has 0 aliphatic rings. The highest BCUT2D eigenvalue weighted by molar-refractivity contribution is 6.18. The number of hydrogen-bond acceptors (Lipinski definition) is 3. The van der Waals surface area contributed by atoms with E-state index in [1.807, 2.05) is 0 Å². The van der Waals surface area contributed by atoms with Gasteiger partial charge in [-0.15, -0.1) is 11.6 Å². The Labute approximate surface area is 117 Å². The van der Waals surface area contributed by atoms with Crippen LogP contribution in [0.5, 0.6) is 5.75 Å². The van der Waals surface area contributed by atoms with E-state index < -0.39 is 11.7 Å². The number of rotatable bonds is 7. The molecule has 0 fully saturated rings. The molecular formula is C13H17ClFNO3. The molecule has 0 radical (unpaired) electrons. The third-order valence-electron chi connectivity index (χ3n) is 2.61. The van der Waals surface area contributed by atoms with E-state index in [1.54, 1.807) is 6.07 Å². The maximum atomic E-state index is 13.8. The molecule has 106 valence electrons. The van der Waals surface area contributed by atoms with E-state index >= 15 is 0 Å². The Hall–Kier alpha value is -1.33. The van der Waals surface area contributed by atoms with Gasteiger partial charge in [-0.2, -0.15) is 0 Å². The molecule has 0 saturated heterocycles. The second-order valence-electron chi connectivity index (χ2n) is 3.82. The first-order valence-corrected chi connectivity index (χ1v) is 6.35. The van der Waals surface area contributed by atoms with Crippen LogP contribution < -0.4 is 4.74 Å². The molecule has 0 aliphatic heterocycles. The molecule has 1 aromatic carbocycles. The van der Waals surface area contributed by atoms with E-state index in [2.05, 4.69) is 0 Å². The minimum absolute atomic E-state index is 0.00187. The molecular weight excluding hydrogens is 273 g/mol. The lowest BCUT2D eigenvalue weighted by atomic mass is 10.1. The van der Waals surface area contributed by atoms with E-state index in [0.717, 1.165) is 0 Å². The molecule has 6 heteroatoms. The number of ether oxygens (including phenoxy) is 2. The Morgan fingerprint density at radius 3 is 2.63 bits per heavy atom. The highest BCUT2D eigenvalue weighted by Crippen LogP contribution is 2.17. The molecule has 4 nitrogen and oxygen atoms in total. The van der Waals surface area contributed by atoms with Crippen LogP contribution in [0.15, 0.2) is 18.2 Å². The summed E-state index contributed by atoms with van der Waals surface area (Å²) in [5.74, 6) is -0.359. The monoisotopic (exact) mass is 289 g/mol. The fourth-order valence-corrected chi connectivity index (χ4v) is 1.79. The second kappa shape index (κ2) is 7.96. The summed E-state index contributed by atoms with van der Waals surface area (Å²) >= 11 is 5.65. The van der Waals surface area contributed by atoms with E-state index in [9.17, 15) is 9.18 Å². The minimum Gasteiger partial charge on any atom is -0.497 e. The number of methoxy groups -OCH3 is 2. The quantitative estimate of drug-likeness (QED) is 0.722. The van der Waals surface area contributed by atoms with Gasteiger partial charge >= 0.3 is 0 Å². The molecule has 0 bridgehead atoms. The van der Waals surface area contributed by atoms with Crippen molar-refractivity contribution < 1.29 is 18.7 Å². The third kappa shape index (κ3) is 4.36. The lowest BCUT2D eigenvalue weighted by molar-refractivity contribution is 0.0703. The lowest BCUT2D eigenvalue weighted by Gasteiger charge is -2.21. The van der Waals surface area contributed by atoms with Crippen molar-refractivity contribution in [3.63, 3.8) is 0 Å². The van der Waals surface area contributed by atoms with Gasteiger partial charge in [0.2, 0.25) is 0 Å². The molecule has 1 aromatic rings. The molecule has 0 saturated carbocycles. The van der Waals surface area contributed by atoms with Gasteiger partial charge in [-0.1, -0.05) is 0 Å². The molecule has 0 N–H and O–H groups in total. The number of carbonyl (C=O) groups is 1. The van der Waals surface area contributed by atoms with E-state index in [0.29, 0.717) is 25.4 Å². The largest absolute Gasteiger partial charge is 0.497 e. The number of hydrogen-bond donors (Lipinski definition) is 0. The molecule has 19 heavy (non-hydrogen) atoms. The first-order valence-electron chi connectivity index (χ1n) is 5.81. The van der Waals surface area contributed by atoms with Crippen molar-refractivity contribution in [2.45, 2.75) is 0 Å². The van der Waals surface area contributed by atoms with Crippen LogP contribution in [0.1, 0.15) is 10.4 Å². The Morgan fingerprint density at radius 2 is 2.11 bits per heavy atom. The molecule has 0 spiro atoms. The standard InChI is InChI=1S/C13H17ClFNO3/c1-18-8-7-16(6-5-14)13(17)11-4-3-10(19-2)9-12(11)15/h3-4,9H,5-8H2,1-2H3. The van der Waals surface area contributed by atoms with Crippen LogP contribution in [0, 0.1) is 5.82 Å². The van der Waals surface area contributed by atoms with Crippen LogP contribution in [0.25, 0.3) is 0 Å². The zero-order valence-corrected chi connectivity index (χ0v) is 11.7. The molecule has 1 amide bonds. The maximum absolute atomic E-state index is 13.8. The summed E-state index contributed by atoms with van der Waals surface area (Å²) in [5, 5.41) is 0. The van der Waals surface area contributed by atoms with Crippen LogP contribution in [0.2, 0.25) is 0 Å². The van der Waals surface area contributed by atoms with Crippen molar-refractivity contribution in [1.82, 2.24) is 4.90 Å². The van der Waals surface area contributed by atoms with Crippen LogP contribution >= 0.6 is 11.6 Å².